The van der Waals surface area contributed by atoms with Gasteiger partial charge >= 0.3 is 0 Å². The number of nitrogens with one attached hydrogen (secondary N) is 2. The van der Waals surface area contributed by atoms with Crippen LogP contribution in [-0.4, -0.2) is 48.4 Å². The van der Waals surface area contributed by atoms with Crippen molar-refractivity contribution < 1.29 is 14.0 Å². The number of hydrogen-bond donors (Lipinski definition) is 2. The summed E-state index contributed by atoms with van der Waals surface area (Å²) in [5, 5.41) is 6.30. The fourth-order valence-corrected chi connectivity index (χ4v) is 3.01. The fourth-order valence-electron chi connectivity index (χ4n) is 3.01. The van der Waals surface area contributed by atoms with Gasteiger partial charge < -0.3 is 20.0 Å². The summed E-state index contributed by atoms with van der Waals surface area (Å²) in [6.45, 7) is 2.27. The first-order valence-electron chi connectivity index (χ1n) is 7.59. The van der Waals surface area contributed by atoms with Crippen molar-refractivity contribution in [2.75, 3.05) is 19.6 Å². The molecule has 0 radical (unpaired) electrons. The first-order valence-corrected chi connectivity index (χ1v) is 7.59. The lowest BCUT2D eigenvalue weighted by molar-refractivity contribution is -0.123. The number of amides is 2. The Bertz CT molecular complexity index is 486. The fraction of sp³-hybridized carbons (Fsp3) is 0.600. The molecule has 0 bridgehead atoms. The van der Waals surface area contributed by atoms with Crippen molar-refractivity contribution in [1.29, 1.82) is 0 Å². The van der Waals surface area contributed by atoms with E-state index in [0.29, 0.717) is 18.7 Å². The van der Waals surface area contributed by atoms with Crippen LogP contribution < -0.4 is 10.6 Å². The second-order valence-electron chi connectivity index (χ2n) is 5.74. The number of piperidine rings is 1. The average Bonchev–Trinajstić information content (AvgIpc) is 3.20. The van der Waals surface area contributed by atoms with Crippen molar-refractivity contribution >= 4 is 11.8 Å². The molecule has 1 atom stereocenters. The molecule has 2 amide bonds. The second kappa shape index (κ2) is 6.30. The summed E-state index contributed by atoms with van der Waals surface area (Å²) in [7, 11) is 0. The quantitative estimate of drug-likeness (QED) is 0.862. The molecule has 0 saturated carbocycles. The molecule has 6 heteroatoms. The zero-order valence-corrected chi connectivity index (χ0v) is 12.0. The van der Waals surface area contributed by atoms with Crippen molar-refractivity contribution in [3.8, 4) is 0 Å². The highest BCUT2D eigenvalue weighted by atomic mass is 16.3. The lowest BCUT2D eigenvalue weighted by atomic mass is 10.0. The third-order valence-electron chi connectivity index (χ3n) is 4.27. The molecule has 2 saturated heterocycles. The molecule has 2 N–H and O–H groups in total. The Hall–Kier alpha value is -1.82. The van der Waals surface area contributed by atoms with E-state index < -0.39 is 0 Å². The van der Waals surface area contributed by atoms with Crippen molar-refractivity contribution in [3.63, 3.8) is 0 Å². The van der Waals surface area contributed by atoms with Gasteiger partial charge in [-0.05, 0) is 38.3 Å². The normalized spacial score (nSPS) is 23.2. The lowest BCUT2D eigenvalue weighted by Gasteiger charge is -2.32. The van der Waals surface area contributed by atoms with E-state index >= 15 is 0 Å². The van der Waals surface area contributed by atoms with Gasteiger partial charge in [0.1, 0.15) is 6.26 Å². The summed E-state index contributed by atoms with van der Waals surface area (Å²) in [5.74, 6) is 0.109. The smallest absolute Gasteiger partial charge is 0.257 e. The Labute approximate surface area is 123 Å². The number of carbonyl (C=O) groups excluding carboxylic acids is 2. The van der Waals surface area contributed by atoms with Crippen LogP contribution in [0.3, 0.4) is 0 Å². The van der Waals surface area contributed by atoms with E-state index in [-0.39, 0.29) is 23.9 Å². The van der Waals surface area contributed by atoms with Gasteiger partial charge in [0.05, 0.1) is 17.9 Å². The molecule has 2 fully saturated rings. The van der Waals surface area contributed by atoms with Crippen molar-refractivity contribution in [2.45, 2.75) is 37.8 Å². The first kappa shape index (κ1) is 14.1. The molecule has 6 nitrogen and oxygen atoms in total. The molecular weight excluding hydrogens is 270 g/mol. The van der Waals surface area contributed by atoms with Crippen LogP contribution in [0.25, 0.3) is 0 Å². The maximum Gasteiger partial charge on any atom is 0.257 e. The molecule has 114 valence electrons. The summed E-state index contributed by atoms with van der Waals surface area (Å²) in [5.41, 5.74) is 0.590. The van der Waals surface area contributed by atoms with Crippen LogP contribution in [-0.2, 0) is 4.79 Å². The standard InChI is InChI=1S/C15H21N3O3/c19-14(13-2-1-6-16-13)17-12-3-7-18(8-4-12)15(20)11-5-9-21-10-11/h5,9-10,12-13,16H,1-4,6-8H2,(H,17,19). The number of hydrogen-bond acceptors (Lipinski definition) is 4. The van der Waals surface area contributed by atoms with Gasteiger partial charge in [-0.2, -0.15) is 0 Å². The molecule has 3 rings (SSSR count). The summed E-state index contributed by atoms with van der Waals surface area (Å²) >= 11 is 0. The molecule has 0 aliphatic carbocycles. The monoisotopic (exact) mass is 291 g/mol. The summed E-state index contributed by atoms with van der Waals surface area (Å²) in [4.78, 5) is 26.0. The number of nitrogens with zero attached hydrogens (tertiary/aromatic N) is 1. The minimum Gasteiger partial charge on any atom is -0.472 e. The Morgan fingerprint density at radius 2 is 2.10 bits per heavy atom. The molecule has 1 aromatic heterocycles. The van der Waals surface area contributed by atoms with E-state index in [1.165, 1.54) is 12.5 Å². The molecule has 1 unspecified atom stereocenters. The van der Waals surface area contributed by atoms with E-state index in [9.17, 15) is 9.59 Å². The Morgan fingerprint density at radius 1 is 1.29 bits per heavy atom. The summed E-state index contributed by atoms with van der Waals surface area (Å²) < 4.78 is 4.95. The van der Waals surface area contributed by atoms with E-state index in [0.717, 1.165) is 32.2 Å². The number of rotatable bonds is 3. The van der Waals surface area contributed by atoms with Crippen LogP contribution >= 0.6 is 0 Å². The van der Waals surface area contributed by atoms with Crippen LogP contribution in [0.4, 0.5) is 0 Å². The van der Waals surface area contributed by atoms with Crippen LogP contribution in [0.15, 0.2) is 23.0 Å². The highest BCUT2D eigenvalue weighted by Gasteiger charge is 2.28. The number of carbonyl (C=O) groups is 2. The third-order valence-corrected chi connectivity index (χ3v) is 4.27. The van der Waals surface area contributed by atoms with Gasteiger partial charge in [-0.25, -0.2) is 0 Å². The van der Waals surface area contributed by atoms with Gasteiger partial charge in [-0.3, -0.25) is 9.59 Å². The van der Waals surface area contributed by atoms with Crippen LogP contribution in [0, 0.1) is 0 Å². The van der Waals surface area contributed by atoms with Gasteiger partial charge in [0.15, 0.2) is 0 Å². The summed E-state index contributed by atoms with van der Waals surface area (Å²) in [6, 6.07) is 1.82. The first-order chi connectivity index (χ1) is 10.2. The zero-order valence-electron chi connectivity index (χ0n) is 12.0. The minimum atomic E-state index is -0.0319. The third kappa shape index (κ3) is 3.26. The van der Waals surface area contributed by atoms with Gasteiger partial charge in [-0.1, -0.05) is 0 Å². The van der Waals surface area contributed by atoms with Crippen molar-refractivity contribution in [2.24, 2.45) is 0 Å². The molecule has 1 aromatic rings. The minimum absolute atomic E-state index is 0.00554. The Kier molecular flexibility index (Phi) is 4.24. The predicted molar refractivity (Wildman–Crippen MR) is 76.8 cm³/mol. The van der Waals surface area contributed by atoms with E-state index in [1.54, 1.807) is 6.07 Å². The van der Waals surface area contributed by atoms with E-state index in [2.05, 4.69) is 10.6 Å². The highest BCUT2D eigenvalue weighted by molar-refractivity contribution is 5.93. The molecule has 2 aliphatic rings. The molecule has 21 heavy (non-hydrogen) atoms. The predicted octanol–water partition coefficient (Wildman–Crippen LogP) is 0.752. The SMILES string of the molecule is O=C(NC1CCN(C(=O)c2ccoc2)CC1)C1CCCN1. The molecule has 0 aromatic carbocycles. The van der Waals surface area contributed by atoms with Crippen molar-refractivity contribution in [1.82, 2.24) is 15.5 Å². The van der Waals surface area contributed by atoms with E-state index in [1.807, 2.05) is 4.90 Å². The molecule has 0 spiro atoms. The largest absolute Gasteiger partial charge is 0.472 e. The Morgan fingerprint density at radius 3 is 2.71 bits per heavy atom. The topological polar surface area (TPSA) is 74.6 Å². The van der Waals surface area contributed by atoms with Gasteiger partial charge in [0.25, 0.3) is 5.91 Å². The van der Waals surface area contributed by atoms with Crippen LogP contribution in [0.1, 0.15) is 36.0 Å². The maximum atomic E-state index is 12.2. The van der Waals surface area contributed by atoms with Gasteiger partial charge in [0, 0.05) is 19.1 Å². The number of likely N-dealkylation sites (tertiary alicyclic amines) is 1. The van der Waals surface area contributed by atoms with Crippen molar-refractivity contribution in [3.05, 3.63) is 24.2 Å². The summed E-state index contributed by atoms with van der Waals surface area (Å²) in [6.07, 6.45) is 6.58. The maximum absolute atomic E-state index is 12.2. The zero-order chi connectivity index (χ0) is 14.7. The van der Waals surface area contributed by atoms with E-state index in [4.69, 9.17) is 4.42 Å². The van der Waals surface area contributed by atoms with Gasteiger partial charge in [-0.15, -0.1) is 0 Å². The lowest BCUT2D eigenvalue weighted by Crippen LogP contribution is -2.50. The second-order valence-corrected chi connectivity index (χ2v) is 5.74. The molecule has 2 aliphatic heterocycles. The van der Waals surface area contributed by atoms with Crippen LogP contribution in [0.2, 0.25) is 0 Å². The average molecular weight is 291 g/mol. The van der Waals surface area contributed by atoms with Gasteiger partial charge in [0.2, 0.25) is 5.91 Å². The number of furan rings is 1. The molecule has 3 heterocycles. The van der Waals surface area contributed by atoms with Crippen LogP contribution in [0.5, 0.6) is 0 Å². The molecular formula is C15H21N3O3. The Balaban J connectivity index is 1.46. The highest BCUT2D eigenvalue weighted by Crippen LogP contribution is 2.15.